The monoisotopic (exact) mass is 607 g/mol. The van der Waals surface area contributed by atoms with Gasteiger partial charge in [0, 0.05) is 25.3 Å². The Morgan fingerprint density at radius 3 is 2.12 bits per heavy atom. The van der Waals surface area contributed by atoms with Gasteiger partial charge in [0.15, 0.2) is 12.4 Å². The summed E-state index contributed by atoms with van der Waals surface area (Å²) >= 11 is -2.53. The van der Waals surface area contributed by atoms with Gasteiger partial charge in [0.25, 0.3) is 23.1 Å². The molecule has 0 fully saturated rings. The minimum absolute atomic E-state index is 0.122. The lowest BCUT2D eigenvalue weighted by Crippen LogP contribution is -2.45. The number of carbonyl (C=O) groups is 3. The molecule has 2 unspecified atom stereocenters. The Morgan fingerprint density at radius 2 is 1.58 bits per heavy atom. The van der Waals surface area contributed by atoms with Crippen molar-refractivity contribution in [3.63, 3.8) is 0 Å². The first-order chi connectivity index (χ1) is 20.4. The van der Waals surface area contributed by atoms with Crippen LogP contribution in [-0.2, 0) is 20.9 Å². The first kappa shape index (κ1) is 31.3. The molecule has 226 valence electrons. The molecule has 43 heavy (non-hydrogen) atoms. The number of carboxylic acid groups (broad SMARTS) is 1. The number of aryl methyl sites for hydroxylation is 1. The van der Waals surface area contributed by atoms with Crippen LogP contribution in [0, 0.1) is 12.8 Å². The number of rotatable bonds is 11. The third kappa shape index (κ3) is 6.87. The molecule has 0 aliphatic heterocycles. The van der Waals surface area contributed by atoms with Gasteiger partial charge in [-0.05, 0) is 60.4 Å². The van der Waals surface area contributed by atoms with E-state index in [0.717, 1.165) is 15.4 Å². The normalized spacial score (nSPS) is 12.5. The summed E-state index contributed by atoms with van der Waals surface area (Å²) in [6.45, 7) is 4.95. The molecule has 2 amide bonds. The molecule has 1 heterocycles. The fourth-order valence-corrected chi connectivity index (χ4v) is 5.44. The summed E-state index contributed by atoms with van der Waals surface area (Å²) < 4.78 is 34.4. The minimum Gasteiger partial charge on any atom is -0.483 e. The molecule has 3 N–H and O–H groups in total. The van der Waals surface area contributed by atoms with E-state index in [2.05, 4.69) is 5.32 Å². The quantitative estimate of drug-likeness (QED) is 0.198. The van der Waals surface area contributed by atoms with Crippen molar-refractivity contribution in [2.75, 3.05) is 30.3 Å². The average molecular weight is 608 g/mol. The highest BCUT2D eigenvalue weighted by Crippen LogP contribution is 2.34. The SMILES string of the molecule is Cc1c(C(=O)Nc2ccc(-c3ccc(N(C(C(=O)O)C(C)C)S(=O)O)cc3)cc2)oc2cccc(OCC(=O)N(C)C)c12. The summed E-state index contributed by atoms with van der Waals surface area (Å²) in [6, 6.07) is 17.7. The van der Waals surface area contributed by atoms with E-state index in [0.29, 0.717) is 33.7 Å². The van der Waals surface area contributed by atoms with E-state index in [1.807, 2.05) is 0 Å². The smallest absolute Gasteiger partial charge is 0.327 e. The Kier molecular flexibility index (Phi) is 9.52. The Balaban J connectivity index is 1.50. The van der Waals surface area contributed by atoms with Crippen LogP contribution in [-0.4, -0.2) is 63.3 Å². The number of furan rings is 1. The van der Waals surface area contributed by atoms with Crippen LogP contribution >= 0.6 is 0 Å². The molecule has 12 heteroatoms. The zero-order chi connectivity index (χ0) is 31.4. The van der Waals surface area contributed by atoms with Crippen LogP contribution in [0.5, 0.6) is 5.75 Å². The number of fused-ring (bicyclic) bond motifs is 1. The van der Waals surface area contributed by atoms with Crippen molar-refractivity contribution >= 4 is 51.4 Å². The first-order valence-electron chi connectivity index (χ1n) is 13.4. The van der Waals surface area contributed by atoms with Gasteiger partial charge in [0.2, 0.25) is 0 Å². The molecule has 4 rings (SSSR count). The van der Waals surface area contributed by atoms with E-state index < -0.39 is 35.1 Å². The lowest BCUT2D eigenvalue weighted by molar-refractivity contribution is -0.139. The van der Waals surface area contributed by atoms with E-state index >= 15 is 0 Å². The van der Waals surface area contributed by atoms with Crippen LogP contribution in [0.2, 0.25) is 0 Å². The van der Waals surface area contributed by atoms with Crippen LogP contribution < -0.4 is 14.4 Å². The fraction of sp³-hybridized carbons (Fsp3) is 0.258. The lowest BCUT2D eigenvalue weighted by Gasteiger charge is -2.29. The van der Waals surface area contributed by atoms with Crippen LogP contribution in [0.3, 0.4) is 0 Å². The maximum absolute atomic E-state index is 13.1. The molecule has 11 nitrogen and oxygen atoms in total. The number of ether oxygens (including phenoxy) is 1. The fourth-order valence-electron chi connectivity index (χ4n) is 4.61. The maximum Gasteiger partial charge on any atom is 0.327 e. The Morgan fingerprint density at radius 1 is 0.977 bits per heavy atom. The highest BCUT2D eigenvalue weighted by Gasteiger charge is 2.32. The Labute approximate surface area is 251 Å². The number of anilines is 2. The molecule has 1 aromatic heterocycles. The molecular weight excluding hydrogens is 574 g/mol. The third-order valence-electron chi connectivity index (χ3n) is 6.88. The zero-order valence-corrected chi connectivity index (χ0v) is 25.2. The molecule has 0 bridgehead atoms. The van der Waals surface area contributed by atoms with Gasteiger partial charge < -0.3 is 24.5 Å². The number of aliphatic carboxylic acids is 1. The number of carboxylic acids is 1. The van der Waals surface area contributed by atoms with E-state index in [-0.39, 0.29) is 18.3 Å². The number of carbonyl (C=O) groups excluding carboxylic acids is 2. The Bertz CT molecular complexity index is 1660. The van der Waals surface area contributed by atoms with Crippen LogP contribution in [0.25, 0.3) is 22.1 Å². The van der Waals surface area contributed by atoms with Gasteiger partial charge in [-0.15, -0.1) is 0 Å². The molecule has 0 saturated heterocycles. The largest absolute Gasteiger partial charge is 0.483 e. The third-order valence-corrected chi connectivity index (χ3v) is 7.65. The molecule has 0 radical (unpaired) electrons. The zero-order valence-electron chi connectivity index (χ0n) is 24.4. The molecule has 0 spiro atoms. The van der Waals surface area contributed by atoms with Crippen LogP contribution in [0.4, 0.5) is 11.4 Å². The molecule has 2 atom stereocenters. The van der Waals surface area contributed by atoms with Crippen molar-refractivity contribution in [1.29, 1.82) is 0 Å². The standard InChI is InChI=1S/C31H33N3O8S/c1-18(2)28(31(37)38)34(43(39)40)23-15-11-21(12-16-23)20-9-13-22(14-10-20)32-30(36)29-19(3)27-24(7-6-8-25(27)42-29)41-17-26(35)33(4)5/h6-16,18,28H,17H2,1-5H3,(H,32,36)(H,37,38)(H,39,40). The van der Waals surface area contributed by atoms with E-state index in [1.54, 1.807) is 102 Å². The second-order valence-electron chi connectivity index (χ2n) is 10.4. The van der Waals surface area contributed by atoms with Gasteiger partial charge >= 0.3 is 5.97 Å². The van der Waals surface area contributed by atoms with E-state index in [4.69, 9.17) is 9.15 Å². The van der Waals surface area contributed by atoms with Crippen LogP contribution in [0.1, 0.15) is 30.0 Å². The topological polar surface area (TPSA) is 150 Å². The molecule has 3 aromatic carbocycles. The Hall–Kier alpha value is -4.68. The van der Waals surface area contributed by atoms with Gasteiger partial charge in [-0.25, -0.2) is 9.00 Å². The van der Waals surface area contributed by atoms with Crippen molar-refractivity contribution in [3.05, 3.63) is 78.1 Å². The lowest BCUT2D eigenvalue weighted by atomic mass is 10.0. The predicted molar refractivity (Wildman–Crippen MR) is 164 cm³/mol. The summed E-state index contributed by atoms with van der Waals surface area (Å²) in [7, 11) is 3.28. The number of likely N-dealkylation sites (N-methyl/N-ethyl adjacent to an activating group) is 1. The van der Waals surface area contributed by atoms with Crippen LogP contribution in [0.15, 0.2) is 71.1 Å². The summed E-state index contributed by atoms with van der Waals surface area (Å²) in [5.41, 5.74) is 3.47. The number of benzene rings is 3. The maximum atomic E-state index is 13.1. The van der Waals surface area contributed by atoms with Gasteiger partial charge in [-0.2, -0.15) is 0 Å². The number of nitrogens with one attached hydrogen (secondary N) is 1. The van der Waals surface area contributed by atoms with E-state index in [1.165, 1.54) is 4.90 Å². The van der Waals surface area contributed by atoms with Crippen molar-refractivity contribution < 1.29 is 37.4 Å². The second kappa shape index (κ2) is 13.1. The van der Waals surface area contributed by atoms with Gasteiger partial charge in [0.05, 0.1) is 11.1 Å². The number of hydrogen-bond donors (Lipinski definition) is 3. The number of nitrogens with zero attached hydrogens (tertiary/aromatic N) is 2. The number of hydrogen-bond acceptors (Lipinski definition) is 6. The number of amides is 2. The summed E-state index contributed by atoms with van der Waals surface area (Å²) in [5, 5.41) is 13.0. The van der Waals surface area contributed by atoms with Gasteiger partial charge in [-0.3, -0.25) is 18.4 Å². The highest BCUT2D eigenvalue weighted by atomic mass is 32.2. The van der Waals surface area contributed by atoms with Crippen molar-refractivity contribution in [3.8, 4) is 16.9 Å². The highest BCUT2D eigenvalue weighted by molar-refractivity contribution is 7.80. The second-order valence-corrected chi connectivity index (χ2v) is 11.3. The van der Waals surface area contributed by atoms with Crippen molar-refractivity contribution in [2.45, 2.75) is 26.8 Å². The van der Waals surface area contributed by atoms with E-state index in [9.17, 15) is 28.3 Å². The molecule has 0 saturated carbocycles. The van der Waals surface area contributed by atoms with Crippen molar-refractivity contribution in [1.82, 2.24) is 4.90 Å². The molecule has 0 aliphatic carbocycles. The van der Waals surface area contributed by atoms with Gasteiger partial charge in [-0.1, -0.05) is 44.2 Å². The predicted octanol–water partition coefficient (Wildman–Crippen LogP) is 5.18. The summed E-state index contributed by atoms with van der Waals surface area (Å²) in [4.78, 5) is 38.3. The average Bonchev–Trinajstić information content (AvgIpc) is 3.31. The first-order valence-corrected chi connectivity index (χ1v) is 14.4. The minimum atomic E-state index is -2.53. The summed E-state index contributed by atoms with van der Waals surface area (Å²) in [6.07, 6.45) is 0. The summed E-state index contributed by atoms with van der Waals surface area (Å²) in [5.74, 6) is -1.68. The molecule has 0 aliphatic rings. The molecule has 4 aromatic rings. The van der Waals surface area contributed by atoms with Gasteiger partial charge in [0.1, 0.15) is 17.4 Å². The molecular formula is C31H33N3O8S. The van der Waals surface area contributed by atoms with Crippen molar-refractivity contribution in [2.24, 2.45) is 5.92 Å².